The molecule has 2 aromatic heterocycles. The fraction of sp³-hybridized carbons (Fsp3) is 0.250. The molecule has 0 fully saturated rings. The fourth-order valence-electron chi connectivity index (χ4n) is 2.47. The number of nitrogens with one attached hydrogen (secondary N) is 1. The van der Waals surface area contributed by atoms with Gasteiger partial charge >= 0.3 is 12.2 Å². The van der Waals surface area contributed by atoms with Gasteiger partial charge in [0.2, 0.25) is 0 Å². The Hall–Kier alpha value is -3.55. The van der Waals surface area contributed by atoms with Gasteiger partial charge < -0.3 is 20.1 Å². The molecule has 3 rings (SSSR count). The van der Waals surface area contributed by atoms with Gasteiger partial charge in [-0.3, -0.25) is 5.32 Å². The highest BCUT2D eigenvalue weighted by molar-refractivity contribution is 5.86. The first-order valence-electron chi connectivity index (χ1n) is 8.62. The first-order chi connectivity index (χ1) is 13.1. The van der Waals surface area contributed by atoms with Crippen LogP contribution >= 0.6 is 0 Å². The maximum absolute atomic E-state index is 11.8. The van der Waals surface area contributed by atoms with E-state index in [2.05, 4.69) is 32.7 Å². The maximum atomic E-state index is 11.8. The van der Waals surface area contributed by atoms with Crippen LogP contribution in [-0.2, 0) is 11.3 Å². The molecule has 0 aliphatic heterocycles. The Bertz CT molecular complexity index is 948. The summed E-state index contributed by atoms with van der Waals surface area (Å²) in [7, 11) is 0. The summed E-state index contributed by atoms with van der Waals surface area (Å²) >= 11 is 0. The van der Waals surface area contributed by atoms with Crippen molar-refractivity contribution in [2.24, 2.45) is 5.73 Å². The summed E-state index contributed by atoms with van der Waals surface area (Å²) in [6, 6.07) is 15.9. The van der Waals surface area contributed by atoms with Crippen LogP contribution in [0.15, 0.2) is 54.7 Å². The number of hydrogen-bond donors (Lipinski definition) is 3. The summed E-state index contributed by atoms with van der Waals surface area (Å²) in [5.41, 5.74) is 6.58. The number of fused-ring (bicyclic) bond motifs is 1. The van der Waals surface area contributed by atoms with Gasteiger partial charge in [0.25, 0.3) is 0 Å². The number of rotatable bonds is 3. The molecule has 8 heteroatoms. The normalized spacial score (nSPS) is 10.7. The Kier molecular flexibility index (Phi) is 6.59. The van der Waals surface area contributed by atoms with Crippen molar-refractivity contribution in [3.63, 3.8) is 0 Å². The quantitative estimate of drug-likeness (QED) is 0.620. The molecular weight excluding hydrogens is 360 g/mol. The number of benzene rings is 1. The van der Waals surface area contributed by atoms with Crippen LogP contribution in [0, 0.1) is 0 Å². The minimum Gasteiger partial charge on any atom is -0.465 e. The van der Waals surface area contributed by atoms with E-state index in [0.717, 1.165) is 17.6 Å². The molecule has 3 aromatic rings. The lowest BCUT2D eigenvalue weighted by molar-refractivity contribution is 0.0635. The smallest absolute Gasteiger partial charge is 0.413 e. The van der Waals surface area contributed by atoms with Gasteiger partial charge in [0.1, 0.15) is 11.4 Å². The SMILES string of the molecule is CC(C)(C)OC(=O)Nc1ccc2c(ccn2Cc2ccccc2)n1.NC(=O)O.[HH]. The number of carboxylic acid groups (broad SMARTS) is 1. The lowest BCUT2D eigenvalue weighted by Crippen LogP contribution is -2.27. The van der Waals surface area contributed by atoms with Crippen molar-refractivity contribution in [1.82, 2.24) is 9.55 Å². The molecule has 0 saturated carbocycles. The van der Waals surface area contributed by atoms with Crippen LogP contribution in [0.4, 0.5) is 15.4 Å². The third kappa shape index (κ3) is 6.64. The summed E-state index contributed by atoms with van der Waals surface area (Å²) in [5.74, 6) is 0.481. The monoisotopic (exact) mass is 386 g/mol. The Balaban J connectivity index is 0.000000771. The molecule has 0 aliphatic rings. The fourth-order valence-corrected chi connectivity index (χ4v) is 2.47. The predicted octanol–water partition coefficient (Wildman–Crippen LogP) is 4.30. The summed E-state index contributed by atoms with van der Waals surface area (Å²) in [6.07, 6.45) is 0.167. The molecular formula is C20H26N4O4. The predicted molar refractivity (Wildman–Crippen MR) is 109 cm³/mol. The van der Waals surface area contributed by atoms with Crippen molar-refractivity contribution in [1.29, 1.82) is 0 Å². The van der Waals surface area contributed by atoms with Gasteiger partial charge in [-0.2, -0.15) is 0 Å². The molecule has 0 bridgehead atoms. The average molecular weight is 386 g/mol. The van der Waals surface area contributed by atoms with Crippen molar-refractivity contribution in [2.45, 2.75) is 32.9 Å². The maximum Gasteiger partial charge on any atom is 0.413 e. The van der Waals surface area contributed by atoms with E-state index in [1.54, 1.807) is 6.07 Å². The minimum absolute atomic E-state index is 0. The van der Waals surface area contributed by atoms with Gasteiger partial charge in [-0.05, 0) is 44.5 Å². The first-order valence-corrected chi connectivity index (χ1v) is 8.62. The number of carbonyl (C=O) groups excluding carboxylic acids is 1. The highest BCUT2D eigenvalue weighted by atomic mass is 16.6. The van der Waals surface area contributed by atoms with Crippen molar-refractivity contribution in [3.05, 3.63) is 60.3 Å². The number of pyridine rings is 1. The second kappa shape index (κ2) is 8.90. The van der Waals surface area contributed by atoms with Crippen molar-refractivity contribution < 1.29 is 20.9 Å². The zero-order valence-electron chi connectivity index (χ0n) is 16.0. The molecule has 0 radical (unpaired) electrons. The van der Waals surface area contributed by atoms with Gasteiger partial charge in [0, 0.05) is 14.2 Å². The molecule has 2 heterocycles. The number of anilines is 1. The van der Waals surface area contributed by atoms with Crippen LogP contribution in [0.3, 0.4) is 0 Å². The molecule has 0 aliphatic carbocycles. The second-order valence-electron chi connectivity index (χ2n) is 7.00. The number of primary amides is 1. The Labute approximate surface area is 164 Å². The molecule has 150 valence electrons. The van der Waals surface area contributed by atoms with E-state index in [9.17, 15) is 4.79 Å². The lowest BCUT2D eigenvalue weighted by Gasteiger charge is -2.19. The minimum atomic E-state index is -1.33. The number of aromatic nitrogens is 2. The number of hydrogen-bond acceptors (Lipinski definition) is 4. The molecule has 28 heavy (non-hydrogen) atoms. The number of nitrogens with two attached hydrogens (primary N) is 1. The van der Waals surface area contributed by atoms with Crippen LogP contribution in [0.5, 0.6) is 0 Å². The second-order valence-corrected chi connectivity index (χ2v) is 7.00. The van der Waals surface area contributed by atoms with Crippen molar-refractivity contribution in [3.8, 4) is 0 Å². The van der Waals surface area contributed by atoms with Crippen molar-refractivity contribution in [2.75, 3.05) is 5.32 Å². The topological polar surface area (TPSA) is 119 Å². The highest BCUT2D eigenvalue weighted by Crippen LogP contribution is 2.19. The lowest BCUT2D eigenvalue weighted by atomic mass is 10.2. The van der Waals surface area contributed by atoms with E-state index in [0.29, 0.717) is 5.82 Å². The summed E-state index contributed by atoms with van der Waals surface area (Å²) in [4.78, 5) is 25.1. The van der Waals surface area contributed by atoms with Crippen molar-refractivity contribution >= 4 is 29.0 Å². The van der Waals surface area contributed by atoms with Gasteiger partial charge in [-0.25, -0.2) is 14.6 Å². The van der Waals surface area contributed by atoms with E-state index in [4.69, 9.17) is 14.6 Å². The van der Waals surface area contributed by atoms with E-state index in [-0.39, 0.29) is 1.43 Å². The largest absolute Gasteiger partial charge is 0.465 e. The molecule has 8 nitrogen and oxygen atoms in total. The standard InChI is InChI=1S/C19H21N3O2.CH3NO2.H2/c1-19(2,3)24-18(23)21-17-10-9-16-15(20-17)11-12-22(16)13-14-7-5-4-6-8-14;2-1(3)4;/h4-12H,13H2,1-3H3,(H,20,21,23);2H2,(H,3,4);1H. The Morgan fingerprint density at radius 2 is 1.82 bits per heavy atom. The highest BCUT2D eigenvalue weighted by Gasteiger charge is 2.16. The summed E-state index contributed by atoms with van der Waals surface area (Å²) in [6.45, 7) is 6.26. The number of carbonyl (C=O) groups is 2. The van der Waals surface area contributed by atoms with Gasteiger partial charge in [0.15, 0.2) is 0 Å². The number of ether oxygens (including phenoxy) is 1. The Morgan fingerprint density at radius 1 is 1.18 bits per heavy atom. The van der Waals surface area contributed by atoms with E-state index in [1.807, 2.05) is 57.3 Å². The molecule has 0 unspecified atom stereocenters. The number of amides is 2. The van der Waals surface area contributed by atoms with Crippen LogP contribution in [0.1, 0.15) is 27.8 Å². The first kappa shape index (κ1) is 20.8. The summed E-state index contributed by atoms with van der Waals surface area (Å²) in [5, 5.41) is 9.86. The van der Waals surface area contributed by atoms with E-state index >= 15 is 0 Å². The third-order valence-corrected chi connectivity index (χ3v) is 3.45. The summed E-state index contributed by atoms with van der Waals surface area (Å²) < 4.78 is 7.38. The molecule has 0 saturated heterocycles. The van der Waals surface area contributed by atoms with Crippen LogP contribution in [0.2, 0.25) is 0 Å². The van der Waals surface area contributed by atoms with Gasteiger partial charge in [-0.15, -0.1) is 0 Å². The Morgan fingerprint density at radius 3 is 2.43 bits per heavy atom. The van der Waals surface area contributed by atoms with Gasteiger partial charge in [-0.1, -0.05) is 30.3 Å². The van der Waals surface area contributed by atoms with Gasteiger partial charge in [0.05, 0.1) is 11.0 Å². The van der Waals surface area contributed by atoms with Crippen LogP contribution < -0.4 is 11.1 Å². The van der Waals surface area contributed by atoms with E-state index in [1.165, 1.54) is 5.56 Å². The zero-order valence-corrected chi connectivity index (χ0v) is 16.0. The molecule has 1 aromatic carbocycles. The molecule has 4 N–H and O–H groups in total. The van der Waals surface area contributed by atoms with Crippen LogP contribution in [0.25, 0.3) is 11.0 Å². The molecule has 0 atom stereocenters. The van der Waals surface area contributed by atoms with Crippen LogP contribution in [-0.4, -0.2) is 32.4 Å². The zero-order chi connectivity index (χ0) is 20.7. The van der Waals surface area contributed by atoms with E-state index < -0.39 is 17.8 Å². The molecule has 0 spiro atoms. The number of nitrogens with zero attached hydrogens (tertiary/aromatic N) is 2. The average Bonchev–Trinajstić information content (AvgIpc) is 2.96. The molecule has 2 amide bonds. The third-order valence-electron chi connectivity index (χ3n) is 3.45.